The molecule has 2 heterocycles. The Balaban J connectivity index is 1.42. The summed E-state index contributed by atoms with van der Waals surface area (Å²) in [5, 5.41) is 1.06. The Labute approximate surface area is 170 Å². The van der Waals surface area contributed by atoms with E-state index in [-0.39, 0.29) is 12.0 Å². The molecule has 0 saturated carbocycles. The Morgan fingerprint density at radius 3 is 2.38 bits per heavy atom. The second-order valence-electron chi connectivity index (χ2n) is 7.04. The summed E-state index contributed by atoms with van der Waals surface area (Å²) in [5.74, 6) is 1.99. The van der Waals surface area contributed by atoms with Gasteiger partial charge in [0, 0.05) is 49.1 Å². The Morgan fingerprint density at radius 1 is 1.00 bits per heavy atom. The number of para-hydroxylation sites is 1. The van der Waals surface area contributed by atoms with Crippen LogP contribution in [0.5, 0.6) is 17.2 Å². The van der Waals surface area contributed by atoms with E-state index < -0.39 is 0 Å². The van der Waals surface area contributed by atoms with Crippen LogP contribution in [0, 0.1) is 0 Å². The largest absolute Gasteiger partial charge is 0.497 e. The van der Waals surface area contributed by atoms with Crippen molar-refractivity contribution in [3.05, 3.63) is 60.3 Å². The van der Waals surface area contributed by atoms with Gasteiger partial charge in [-0.15, -0.1) is 0 Å². The van der Waals surface area contributed by atoms with Crippen LogP contribution in [-0.2, 0) is 0 Å². The van der Waals surface area contributed by atoms with E-state index in [0.29, 0.717) is 30.2 Å². The number of rotatable bonds is 5. The van der Waals surface area contributed by atoms with Crippen molar-refractivity contribution < 1.29 is 19.0 Å². The highest BCUT2D eigenvalue weighted by Crippen LogP contribution is 2.28. The van der Waals surface area contributed by atoms with Crippen LogP contribution in [-0.4, -0.2) is 49.2 Å². The molecule has 150 valence electrons. The molecule has 1 aliphatic rings. The zero-order valence-electron chi connectivity index (χ0n) is 16.6. The van der Waals surface area contributed by atoms with E-state index in [0.717, 1.165) is 29.5 Å². The van der Waals surface area contributed by atoms with E-state index >= 15 is 0 Å². The van der Waals surface area contributed by atoms with E-state index in [1.165, 1.54) is 0 Å². The predicted octanol–water partition coefficient (Wildman–Crippen LogP) is 3.94. The maximum absolute atomic E-state index is 12.9. The molecule has 1 fully saturated rings. The lowest BCUT2D eigenvalue weighted by molar-refractivity contribution is 0.0597. The molecule has 29 heavy (non-hydrogen) atoms. The van der Waals surface area contributed by atoms with Crippen molar-refractivity contribution in [3.63, 3.8) is 0 Å². The monoisotopic (exact) mass is 392 g/mol. The number of ether oxygens (including phenoxy) is 3. The first-order valence-electron chi connectivity index (χ1n) is 9.70. The Morgan fingerprint density at radius 2 is 1.69 bits per heavy atom. The van der Waals surface area contributed by atoms with Crippen molar-refractivity contribution >= 4 is 16.8 Å². The van der Waals surface area contributed by atoms with Crippen LogP contribution in [0.15, 0.2) is 54.7 Å². The highest BCUT2D eigenvalue weighted by Gasteiger charge is 2.26. The molecule has 6 heteroatoms. The number of methoxy groups -OCH3 is 2. The summed E-state index contributed by atoms with van der Waals surface area (Å²) in [4.78, 5) is 19.2. The zero-order chi connectivity index (χ0) is 20.2. The van der Waals surface area contributed by atoms with Crippen LogP contribution in [0.1, 0.15) is 23.2 Å². The fraction of sp³-hybridized carbons (Fsp3) is 0.304. The van der Waals surface area contributed by atoms with Gasteiger partial charge >= 0.3 is 0 Å². The van der Waals surface area contributed by atoms with Gasteiger partial charge in [0.05, 0.1) is 14.2 Å². The maximum atomic E-state index is 12.9. The Bertz CT molecular complexity index is 985. The molecule has 0 bridgehead atoms. The third-order valence-corrected chi connectivity index (χ3v) is 5.22. The van der Waals surface area contributed by atoms with Gasteiger partial charge in [-0.3, -0.25) is 9.78 Å². The standard InChI is InChI=1S/C23H24N2O4/c1-27-19-13-17(14-20(15-19)28-2)23(26)25-11-8-18(9-12-25)29-21-7-3-5-16-6-4-10-24-22(16)21/h3-7,10,13-15,18H,8-9,11-12H2,1-2H3. The molecule has 0 spiro atoms. The molecule has 0 radical (unpaired) electrons. The number of aromatic nitrogens is 1. The van der Waals surface area contributed by atoms with Gasteiger partial charge in [0.15, 0.2) is 0 Å². The number of hydrogen-bond donors (Lipinski definition) is 0. The summed E-state index contributed by atoms with van der Waals surface area (Å²) in [6.45, 7) is 1.28. The summed E-state index contributed by atoms with van der Waals surface area (Å²) < 4.78 is 16.8. The molecule has 0 unspecified atom stereocenters. The van der Waals surface area contributed by atoms with Crippen LogP contribution in [0.2, 0.25) is 0 Å². The molecule has 1 saturated heterocycles. The molecular weight excluding hydrogens is 368 g/mol. The van der Waals surface area contributed by atoms with Gasteiger partial charge in [-0.25, -0.2) is 0 Å². The lowest BCUT2D eigenvalue weighted by Crippen LogP contribution is -2.41. The molecule has 2 aromatic carbocycles. The number of piperidine rings is 1. The summed E-state index contributed by atoms with van der Waals surface area (Å²) in [5.41, 5.74) is 1.44. The quantitative estimate of drug-likeness (QED) is 0.658. The lowest BCUT2D eigenvalue weighted by atomic mass is 10.1. The minimum Gasteiger partial charge on any atom is -0.497 e. The van der Waals surface area contributed by atoms with Crippen molar-refractivity contribution in [3.8, 4) is 17.2 Å². The third-order valence-electron chi connectivity index (χ3n) is 5.22. The molecular formula is C23H24N2O4. The number of benzene rings is 2. The van der Waals surface area contributed by atoms with Crippen LogP contribution in [0.3, 0.4) is 0 Å². The number of pyridine rings is 1. The summed E-state index contributed by atoms with van der Waals surface area (Å²) in [6, 6.07) is 15.2. The summed E-state index contributed by atoms with van der Waals surface area (Å²) in [7, 11) is 3.15. The molecule has 3 aromatic rings. The first-order chi connectivity index (χ1) is 14.2. The lowest BCUT2D eigenvalue weighted by Gasteiger charge is -2.32. The van der Waals surface area contributed by atoms with Crippen LogP contribution < -0.4 is 14.2 Å². The van der Waals surface area contributed by atoms with Crippen molar-refractivity contribution in [1.82, 2.24) is 9.88 Å². The van der Waals surface area contributed by atoms with E-state index in [9.17, 15) is 4.79 Å². The molecule has 1 amide bonds. The zero-order valence-corrected chi connectivity index (χ0v) is 16.6. The van der Waals surface area contributed by atoms with Crippen LogP contribution in [0.4, 0.5) is 0 Å². The average Bonchev–Trinajstić information content (AvgIpc) is 2.79. The number of carbonyl (C=O) groups excluding carboxylic acids is 1. The minimum absolute atomic E-state index is 0.0209. The van der Waals surface area contributed by atoms with E-state index in [4.69, 9.17) is 14.2 Å². The smallest absolute Gasteiger partial charge is 0.254 e. The SMILES string of the molecule is COc1cc(OC)cc(C(=O)N2CCC(Oc3cccc4cccnc34)CC2)c1. The number of likely N-dealkylation sites (tertiary alicyclic amines) is 1. The van der Waals surface area contributed by atoms with Crippen LogP contribution in [0.25, 0.3) is 10.9 Å². The van der Waals surface area contributed by atoms with Gasteiger partial charge in [0.1, 0.15) is 28.9 Å². The van der Waals surface area contributed by atoms with Crippen molar-refractivity contribution in [2.45, 2.75) is 18.9 Å². The van der Waals surface area contributed by atoms with Gasteiger partial charge in [0.2, 0.25) is 0 Å². The summed E-state index contributed by atoms with van der Waals surface area (Å²) >= 11 is 0. The van der Waals surface area contributed by atoms with E-state index in [1.54, 1.807) is 38.6 Å². The topological polar surface area (TPSA) is 60.9 Å². The first-order valence-corrected chi connectivity index (χ1v) is 9.70. The normalized spacial score (nSPS) is 14.6. The van der Waals surface area contributed by atoms with Crippen molar-refractivity contribution in [2.75, 3.05) is 27.3 Å². The van der Waals surface area contributed by atoms with E-state index in [1.807, 2.05) is 35.2 Å². The first kappa shape index (κ1) is 19.1. The molecule has 1 aliphatic heterocycles. The van der Waals surface area contributed by atoms with Crippen molar-refractivity contribution in [1.29, 1.82) is 0 Å². The third kappa shape index (κ3) is 4.11. The van der Waals surface area contributed by atoms with Gasteiger partial charge < -0.3 is 19.1 Å². The predicted molar refractivity (Wildman–Crippen MR) is 111 cm³/mol. The highest BCUT2D eigenvalue weighted by atomic mass is 16.5. The number of nitrogens with zero attached hydrogens (tertiary/aromatic N) is 2. The molecule has 6 nitrogen and oxygen atoms in total. The van der Waals surface area contributed by atoms with Gasteiger partial charge in [-0.1, -0.05) is 18.2 Å². The summed E-state index contributed by atoms with van der Waals surface area (Å²) in [6.07, 6.45) is 3.39. The Hall–Kier alpha value is -3.28. The minimum atomic E-state index is -0.0209. The van der Waals surface area contributed by atoms with Crippen molar-refractivity contribution in [2.24, 2.45) is 0 Å². The van der Waals surface area contributed by atoms with Crippen LogP contribution >= 0.6 is 0 Å². The van der Waals surface area contributed by atoms with E-state index in [2.05, 4.69) is 4.98 Å². The molecule has 4 rings (SSSR count). The maximum Gasteiger partial charge on any atom is 0.254 e. The number of carbonyl (C=O) groups is 1. The number of fused-ring (bicyclic) bond motifs is 1. The number of hydrogen-bond acceptors (Lipinski definition) is 5. The molecule has 1 aromatic heterocycles. The molecule has 0 aliphatic carbocycles. The van der Waals surface area contributed by atoms with Gasteiger partial charge in [0.25, 0.3) is 5.91 Å². The van der Waals surface area contributed by atoms with Gasteiger partial charge in [-0.2, -0.15) is 0 Å². The Kier molecular flexibility index (Phi) is 5.51. The second-order valence-corrected chi connectivity index (χ2v) is 7.04. The highest BCUT2D eigenvalue weighted by molar-refractivity contribution is 5.95. The molecule has 0 atom stereocenters. The fourth-order valence-electron chi connectivity index (χ4n) is 3.64. The fourth-order valence-corrected chi connectivity index (χ4v) is 3.64. The molecule has 0 N–H and O–H groups in total. The second kappa shape index (κ2) is 8.39. The van der Waals surface area contributed by atoms with Gasteiger partial charge in [-0.05, 0) is 24.3 Å². The average molecular weight is 392 g/mol. The number of amides is 1.